The Labute approximate surface area is 207 Å². The number of hydrogen-bond donors (Lipinski definition) is 2. The number of ether oxygens (including phenoxy) is 2. The van der Waals surface area contributed by atoms with Crippen LogP contribution in [0.2, 0.25) is 0 Å². The molecule has 6 heteroatoms. The topological polar surface area (TPSA) is 74.8 Å². The van der Waals surface area contributed by atoms with Gasteiger partial charge in [-0.15, -0.1) is 0 Å². The third-order valence-corrected chi connectivity index (χ3v) is 7.07. The number of aromatic nitrogens is 1. The van der Waals surface area contributed by atoms with Crippen molar-refractivity contribution < 1.29 is 19.4 Å². The molecule has 186 valence electrons. The van der Waals surface area contributed by atoms with Crippen molar-refractivity contribution in [1.29, 1.82) is 0 Å². The minimum absolute atomic E-state index is 0.168. The summed E-state index contributed by atoms with van der Waals surface area (Å²) in [7, 11) is 3.29. The number of rotatable bonds is 5. The van der Waals surface area contributed by atoms with Crippen LogP contribution in [0.15, 0.2) is 36.4 Å². The minimum Gasteiger partial charge on any atom is -0.493 e. The van der Waals surface area contributed by atoms with Crippen LogP contribution in [-0.4, -0.2) is 47.9 Å². The Morgan fingerprint density at radius 3 is 2.46 bits per heavy atom. The Bertz CT molecular complexity index is 1300. The molecule has 0 saturated heterocycles. The molecule has 0 radical (unpaired) electrons. The highest BCUT2D eigenvalue weighted by Gasteiger charge is 2.35. The van der Waals surface area contributed by atoms with Crippen molar-refractivity contribution in [1.82, 2.24) is 9.88 Å². The van der Waals surface area contributed by atoms with Crippen LogP contribution in [0.1, 0.15) is 50.8 Å². The van der Waals surface area contributed by atoms with Crippen molar-refractivity contribution in [3.05, 3.63) is 53.1 Å². The summed E-state index contributed by atoms with van der Waals surface area (Å²) >= 11 is 0. The number of fused-ring (bicyclic) bond motifs is 1. The summed E-state index contributed by atoms with van der Waals surface area (Å²) in [5.41, 5.74) is 7.91. The maximum Gasteiger partial charge on any atom is 0.407 e. The number of H-pyrrole nitrogens is 1. The molecule has 0 spiro atoms. The van der Waals surface area contributed by atoms with Gasteiger partial charge in [-0.2, -0.15) is 0 Å². The van der Waals surface area contributed by atoms with Crippen LogP contribution in [0.3, 0.4) is 0 Å². The molecule has 0 fully saturated rings. The molecule has 3 aromatic rings. The highest BCUT2D eigenvalue weighted by molar-refractivity contribution is 5.94. The lowest BCUT2D eigenvalue weighted by Gasteiger charge is -2.40. The molecule has 4 rings (SSSR count). The monoisotopic (exact) mass is 476 g/mol. The fourth-order valence-corrected chi connectivity index (χ4v) is 5.26. The average Bonchev–Trinajstić information content (AvgIpc) is 3.19. The maximum absolute atomic E-state index is 11.9. The lowest BCUT2D eigenvalue weighted by molar-refractivity contribution is 0.1000. The number of amides is 1. The number of carboxylic acid groups (broad SMARTS) is 1. The van der Waals surface area contributed by atoms with Gasteiger partial charge in [0.25, 0.3) is 0 Å². The number of aryl methyl sites for hydroxylation is 2. The third-order valence-electron chi connectivity index (χ3n) is 7.07. The number of hydrogen-bond acceptors (Lipinski definition) is 3. The second-order valence-electron chi connectivity index (χ2n) is 10.3. The van der Waals surface area contributed by atoms with Crippen molar-refractivity contribution in [2.75, 3.05) is 20.8 Å². The first-order valence-electron chi connectivity index (χ1n) is 12.2. The van der Waals surface area contributed by atoms with Crippen molar-refractivity contribution in [2.24, 2.45) is 5.41 Å². The first-order chi connectivity index (χ1) is 16.6. The number of benzene rings is 2. The smallest absolute Gasteiger partial charge is 0.407 e. The largest absolute Gasteiger partial charge is 0.493 e. The zero-order valence-electron chi connectivity index (χ0n) is 21.8. The first kappa shape index (κ1) is 24.7. The van der Waals surface area contributed by atoms with Gasteiger partial charge in [-0.25, -0.2) is 4.79 Å². The van der Waals surface area contributed by atoms with Crippen LogP contribution in [0, 0.1) is 12.3 Å². The number of aromatic amines is 1. The molecule has 1 amide bonds. The molecule has 1 unspecified atom stereocenters. The Balaban J connectivity index is 1.84. The molecule has 1 aromatic heterocycles. The second-order valence-corrected chi connectivity index (χ2v) is 10.3. The predicted molar refractivity (Wildman–Crippen MR) is 142 cm³/mol. The van der Waals surface area contributed by atoms with E-state index >= 15 is 0 Å². The molecule has 2 N–H and O–H groups in total. The molecule has 2 heterocycles. The van der Waals surface area contributed by atoms with Crippen molar-refractivity contribution in [3.8, 4) is 22.8 Å². The van der Waals surface area contributed by atoms with Gasteiger partial charge in [0.05, 0.1) is 20.3 Å². The van der Waals surface area contributed by atoms with E-state index in [9.17, 15) is 9.90 Å². The van der Waals surface area contributed by atoms with Crippen LogP contribution in [0.25, 0.3) is 27.7 Å². The van der Waals surface area contributed by atoms with Gasteiger partial charge in [0, 0.05) is 28.7 Å². The predicted octanol–water partition coefficient (Wildman–Crippen LogP) is 6.90. The lowest BCUT2D eigenvalue weighted by atomic mass is 9.80. The van der Waals surface area contributed by atoms with Crippen LogP contribution < -0.4 is 9.47 Å². The van der Waals surface area contributed by atoms with E-state index in [1.54, 1.807) is 19.1 Å². The van der Waals surface area contributed by atoms with Crippen molar-refractivity contribution in [2.45, 2.75) is 53.5 Å². The van der Waals surface area contributed by atoms with E-state index in [0.29, 0.717) is 24.5 Å². The van der Waals surface area contributed by atoms with Gasteiger partial charge in [-0.05, 0) is 77.8 Å². The van der Waals surface area contributed by atoms with Gasteiger partial charge in [0.15, 0.2) is 11.5 Å². The van der Waals surface area contributed by atoms with Crippen LogP contribution in [0.4, 0.5) is 4.79 Å². The Kier molecular flexibility index (Phi) is 6.58. The molecular weight excluding hydrogens is 440 g/mol. The van der Waals surface area contributed by atoms with E-state index in [-0.39, 0.29) is 11.5 Å². The summed E-state index contributed by atoms with van der Waals surface area (Å²) in [4.78, 5) is 17.1. The summed E-state index contributed by atoms with van der Waals surface area (Å²) in [5.74, 6) is 1.41. The van der Waals surface area contributed by atoms with E-state index < -0.39 is 6.09 Å². The molecule has 2 aromatic carbocycles. The fraction of sp³-hybridized carbons (Fsp3) is 0.414. The summed E-state index contributed by atoms with van der Waals surface area (Å²) in [6.07, 6.45) is 2.90. The molecule has 0 saturated carbocycles. The fourth-order valence-electron chi connectivity index (χ4n) is 5.26. The molecule has 6 nitrogen and oxygen atoms in total. The van der Waals surface area contributed by atoms with Crippen LogP contribution >= 0.6 is 0 Å². The highest BCUT2D eigenvalue weighted by atomic mass is 16.5. The van der Waals surface area contributed by atoms with E-state index in [1.165, 1.54) is 27.6 Å². The van der Waals surface area contributed by atoms with Crippen molar-refractivity contribution in [3.63, 3.8) is 0 Å². The summed E-state index contributed by atoms with van der Waals surface area (Å²) in [6.45, 7) is 11.1. The average molecular weight is 477 g/mol. The zero-order valence-corrected chi connectivity index (χ0v) is 21.8. The first-order valence-corrected chi connectivity index (χ1v) is 12.2. The molecule has 0 bridgehead atoms. The Morgan fingerprint density at radius 1 is 1.14 bits per heavy atom. The Morgan fingerprint density at radius 2 is 1.86 bits per heavy atom. The molecule has 1 aliphatic heterocycles. The third kappa shape index (κ3) is 4.49. The van der Waals surface area contributed by atoms with E-state index in [1.807, 2.05) is 12.1 Å². The SMILES string of the molecule is CCc1c(-c2ccc(OC)c(OC)c2)[nH]c2cc(C)c(C3=CC(C(C)(C)C)N(C(=O)O)CC3)cc12. The van der Waals surface area contributed by atoms with Gasteiger partial charge in [0.2, 0.25) is 0 Å². The lowest BCUT2D eigenvalue weighted by Crippen LogP contribution is -2.48. The van der Waals surface area contributed by atoms with Gasteiger partial charge < -0.3 is 24.5 Å². The second kappa shape index (κ2) is 9.33. The molecular formula is C29H36N2O4. The minimum atomic E-state index is -0.856. The number of nitrogens with zero attached hydrogens (tertiary/aromatic N) is 1. The van der Waals surface area contributed by atoms with E-state index in [0.717, 1.165) is 23.2 Å². The van der Waals surface area contributed by atoms with Gasteiger partial charge >= 0.3 is 6.09 Å². The van der Waals surface area contributed by atoms with E-state index in [4.69, 9.17) is 9.47 Å². The standard InChI is InChI=1S/C29H36N2O4/c1-8-20-22-16-21(18-11-12-31(28(32)33)26(15-18)29(3,4)5)17(2)13-23(22)30-27(20)19-9-10-24(34-6)25(14-19)35-7/h9-10,13-16,26,30H,8,11-12H2,1-7H3,(H,32,33). The van der Waals surface area contributed by atoms with Gasteiger partial charge in [-0.3, -0.25) is 0 Å². The molecule has 35 heavy (non-hydrogen) atoms. The van der Waals surface area contributed by atoms with Crippen LogP contribution in [-0.2, 0) is 6.42 Å². The summed E-state index contributed by atoms with van der Waals surface area (Å²) in [5, 5.41) is 11.0. The zero-order chi connectivity index (χ0) is 25.5. The number of methoxy groups -OCH3 is 2. The maximum atomic E-state index is 11.9. The van der Waals surface area contributed by atoms with Crippen LogP contribution in [0.5, 0.6) is 11.5 Å². The summed E-state index contributed by atoms with van der Waals surface area (Å²) < 4.78 is 10.9. The van der Waals surface area contributed by atoms with Crippen molar-refractivity contribution >= 4 is 22.6 Å². The van der Waals surface area contributed by atoms with E-state index in [2.05, 4.69) is 63.9 Å². The van der Waals surface area contributed by atoms with Gasteiger partial charge in [0.1, 0.15) is 0 Å². The molecule has 1 aliphatic rings. The quantitative estimate of drug-likeness (QED) is 0.420. The summed E-state index contributed by atoms with van der Waals surface area (Å²) in [6, 6.07) is 10.3. The number of carbonyl (C=O) groups is 1. The highest BCUT2D eigenvalue weighted by Crippen LogP contribution is 2.40. The normalized spacial score (nSPS) is 16.4. The van der Waals surface area contributed by atoms with Gasteiger partial charge in [-0.1, -0.05) is 33.8 Å². The molecule has 0 aliphatic carbocycles. The molecule has 1 atom stereocenters. The number of nitrogens with one attached hydrogen (secondary N) is 1. The Hall–Kier alpha value is -3.41.